The number of benzene rings is 1. The molecule has 3 heteroatoms. The van der Waals surface area contributed by atoms with Gasteiger partial charge < -0.3 is 9.47 Å². The highest BCUT2D eigenvalue weighted by Gasteiger charge is 2.34. The molecule has 0 amide bonds. The molecule has 1 saturated carbocycles. The molecule has 118 valence electrons. The van der Waals surface area contributed by atoms with Crippen LogP contribution in [0.1, 0.15) is 51.7 Å². The Bertz CT molecular complexity index is 458. The molecule has 0 aromatic heterocycles. The Morgan fingerprint density at radius 1 is 1.29 bits per heavy atom. The molecule has 1 aromatic rings. The van der Waals surface area contributed by atoms with Gasteiger partial charge in [-0.2, -0.15) is 0 Å². The second-order valence-corrected chi connectivity index (χ2v) is 7.94. The zero-order chi connectivity index (χ0) is 15.5. The first-order valence-electron chi connectivity index (χ1n) is 7.79. The third-order valence-corrected chi connectivity index (χ3v) is 5.13. The molecule has 2 rings (SSSR count). The average molecular weight is 402 g/mol. The van der Waals surface area contributed by atoms with Gasteiger partial charge in [-0.1, -0.05) is 61.6 Å². The summed E-state index contributed by atoms with van der Waals surface area (Å²) in [4.78, 5) is 0. The quantitative estimate of drug-likeness (QED) is 0.485. The monoisotopic (exact) mass is 402 g/mol. The molecule has 0 bridgehead atoms. The molecule has 0 N–H and O–H groups in total. The number of rotatable bonds is 5. The van der Waals surface area contributed by atoms with Crippen molar-refractivity contribution in [3.05, 3.63) is 29.8 Å². The fraction of sp³-hybridized carbons (Fsp3) is 0.667. The zero-order valence-corrected chi connectivity index (χ0v) is 15.7. The fourth-order valence-electron chi connectivity index (χ4n) is 3.72. The number of ether oxygens (including phenoxy) is 2. The van der Waals surface area contributed by atoms with Crippen LogP contribution in [0.15, 0.2) is 24.3 Å². The molecule has 0 heterocycles. The summed E-state index contributed by atoms with van der Waals surface area (Å²) in [7, 11) is 1.73. The summed E-state index contributed by atoms with van der Waals surface area (Å²) in [5.74, 6) is 1.67. The Morgan fingerprint density at radius 3 is 2.62 bits per heavy atom. The van der Waals surface area contributed by atoms with E-state index in [0.29, 0.717) is 11.5 Å². The van der Waals surface area contributed by atoms with Crippen LogP contribution < -0.4 is 4.74 Å². The van der Waals surface area contributed by atoms with E-state index in [1.54, 1.807) is 7.11 Å². The highest BCUT2D eigenvalue weighted by molar-refractivity contribution is 14.1. The topological polar surface area (TPSA) is 18.5 Å². The molecule has 0 spiro atoms. The van der Waals surface area contributed by atoms with Gasteiger partial charge in [-0.15, -0.1) is 0 Å². The summed E-state index contributed by atoms with van der Waals surface area (Å²) >= 11 is 2.42. The van der Waals surface area contributed by atoms with Crippen LogP contribution in [-0.2, 0) is 4.74 Å². The normalized spacial score (nSPS) is 26.3. The van der Waals surface area contributed by atoms with Crippen molar-refractivity contribution in [2.45, 2.75) is 52.2 Å². The van der Waals surface area contributed by atoms with Gasteiger partial charge in [0.25, 0.3) is 0 Å². The lowest BCUT2D eigenvalue weighted by atomic mass is 9.71. The molecule has 0 aliphatic heterocycles. The number of para-hydroxylation sites is 1. The molecule has 1 aliphatic rings. The summed E-state index contributed by atoms with van der Waals surface area (Å²) in [5, 5.41) is 0. The fourth-order valence-corrected chi connectivity index (χ4v) is 4.40. The van der Waals surface area contributed by atoms with Gasteiger partial charge in [0.15, 0.2) is 0 Å². The van der Waals surface area contributed by atoms with Gasteiger partial charge in [0.1, 0.15) is 5.75 Å². The van der Waals surface area contributed by atoms with Crippen LogP contribution in [0, 0.1) is 11.3 Å². The van der Waals surface area contributed by atoms with Crippen molar-refractivity contribution in [1.82, 2.24) is 0 Å². The van der Waals surface area contributed by atoms with Crippen molar-refractivity contribution < 1.29 is 9.47 Å². The second-order valence-electron chi connectivity index (χ2n) is 7.06. The van der Waals surface area contributed by atoms with Crippen molar-refractivity contribution in [3.8, 4) is 5.75 Å². The minimum atomic E-state index is 0.118. The number of hydrogen-bond donors (Lipinski definition) is 0. The third kappa shape index (κ3) is 4.59. The van der Waals surface area contributed by atoms with Crippen molar-refractivity contribution in [1.29, 1.82) is 0 Å². The van der Waals surface area contributed by atoms with Crippen molar-refractivity contribution in [3.63, 3.8) is 0 Å². The Balaban J connectivity index is 2.12. The summed E-state index contributed by atoms with van der Waals surface area (Å²) in [6.07, 6.45) is 4.10. The van der Waals surface area contributed by atoms with Crippen LogP contribution in [0.25, 0.3) is 0 Å². The van der Waals surface area contributed by atoms with Crippen LogP contribution in [0.4, 0.5) is 0 Å². The van der Waals surface area contributed by atoms with Crippen LogP contribution in [0.2, 0.25) is 0 Å². The van der Waals surface area contributed by atoms with E-state index < -0.39 is 0 Å². The molecular weight excluding hydrogens is 375 g/mol. The maximum Gasteiger partial charge on any atom is 0.124 e. The lowest BCUT2D eigenvalue weighted by Gasteiger charge is -2.40. The van der Waals surface area contributed by atoms with Gasteiger partial charge >= 0.3 is 0 Å². The van der Waals surface area contributed by atoms with E-state index >= 15 is 0 Å². The third-order valence-electron chi connectivity index (χ3n) is 4.33. The first kappa shape index (κ1) is 17.1. The van der Waals surface area contributed by atoms with Crippen LogP contribution >= 0.6 is 22.6 Å². The van der Waals surface area contributed by atoms with Crippen molar-refractivity contribution in [2.75, 3.05) is 11.5 Å². The van der Waals surface area contributed by atoms with Gasteiger partial charge in [-0.05, 0) is 36.7 Å². The Labute approximate surface area is 142 Å². The lowest BCUT2D eigenvalue weighted by Crippen LogP contribution is -2.33. The van der Waals surface area contributed by atoms with E-state index in [1.165, 1.54) is 18.4 Å². The van der Waals surface area contributed by atoms with Gasteiger partial charge in [-0.25, -0.2) is 0 Å². The first-order chi connectivity index (χ1) is 9.95. The predicted molar refractivity (Wildman–Crippen MR) is 96.3 cm³/mol. The van der Waals surface area contributed by atoms with Crippen LogP contribution in [0.3, 0.4) is 0 Å². The Hall–Kier alpha value is -0.290. The molecular formula is C18H27IO2. The average Bonchev–Trinajstić information content (AvgIpc) is 2.42. The van der Waals surface area contributed by atoms with E-state index in [2.05, 4.69) is 55.5 Å². The Morgan fingerprint density at radius 2 is 2.00 bits per heavy atom. The highest BCUT2D eigenvalue weighted by Crippen LogP contribution is 2.42. The molecule has 1 aromatic carbocycles. The van der Waals surface area contributed by atoms with E-state index in [1.807, 2.05) is 12.1 Å². The standard InChI is InChI=1S/C18H27IO2/c1-13-9-14(11-18(2,3)10-13)21-17(12-19)15-7-5-6-8-16(15)20-4/h5-8,13-14,17H,9-12H2,1-4H3. The maximum atomic E-state index is 6.49. The van der Waals surface area contributed by atoms with E-state index in [-0.39, 0.29) is 6.10 Å². The summed E-state index contributed by atoms with van der Waals surface area (Å²) in [5.41, 5.74) is 1.56. The molecule has 1 fully saturated rings. The summed E-state index contributed by atoms with van der Waals surface area (Å²) in [6, 6.07) is 8.22. The van der Waals surface area contributed by atoms with E-state index in [0.717, 1.165) is 22.5 Å². The lowest BCUT2D eigenvalue weighted by molar-refractivity contribution is -0.0579. The molecule has 2 nitrogen and oxygen atoms in total. The van der Waals surface area contributed by atoms with Crippen LogP contribution in [-0.4, -0.2) is 17.6 Å². The first-order valence-corrected chi connectivity index (χ1v) is 9.32. The summed E-state index contributed by atoms with van der Waals surface area (Å²) in [6.45, 7) is 7.07. The number of hydrogen-bond acceptors (Lipinski definition) is 2. The van der Waals surface area contributed by atoms with Gasteiger partial charge in [0, 0.05) is 9.99 Å². The molecule has 0 radical (unpaired) electrons. The van der Waals surface area contributed by atoms with Gasteiger partial charge in [0.2, 0.25) is 0 Å². The minimum Gasteiger partial charge on any atom is -0.496 e. The molecule has 3 atom stereocenters. The summed E-state index contributed by atoms with van der Waals surface area (Å²) < 4.78 is 12.9. The minimum absolute atomic E-state index is 0.118. The zero-order valence-electron chi connectivity index (χ0n) is 13.6. The highest BCUT2D eigenvalue weighted by atomic mass is 127. The van der Waals surface area contributed by atoms with Crippen molar-refractivity contribution in [2.24, 2.45) is 11.3 Å². The smallest absolute Gasteiger partial charge is 0.124 e. The van der Waals surface area contributed by atoms with Crippen LogP contribution in [0.5, 0.6) is 5.75 Å². The largest absolute Gasteiger partial charge is 0.496 e. The number of halogens is 1. The van der Waals surface area contributed by atoms with E-state index in [4.69, 9.17) is 9.47 Å². The second kappa shape index (κ2) is 7.32. The van der Waals surface area contributed by atoms with Gasteiger partial charge in [0.05, 0.1) is 19.3 Å². The molecule has 21 heavy (non-hydrogen) atoms. The maximum absolute atomic E-state index is 6.49. The Kier molecular flexibility index (Phi) is 5.95. The van der Waals surface area contributed by atoms with E-state index in [9.17, 15) is 0 Å². The number of methoxy groups -OCH3 is 1. The predicted octanol–water partition coefficient (Wildman–Crippen LogP) is 5.40. The van der Waals surface area contributed by atoms with Crippen molar-refractivity contribution >= 4 is 22.6 Å². The number of alkyl halides is 1. The van der Waals surface area contributed by atoms with Gasteiger partial charge in [-0.3, -0.25) is 0 Å². The molecule has 0 saturated heterocycles. The molecule has 1 aliphatic carbocycles. The molecule has 3 unspecified atom stereocenters. The SMILES string of the molecule is COc1ccccc1C(CI)OC1CC(C)CC(C)(C)C1.